The Morgan fingerprint density at radius 1 is 0.460 bits per heavy atom. The summed E-state index contributed by atoms with van der Waals surface area (Å²) < 4.78 is 67.1. The minimum absolute atomic E-state index is 0.0224. The van der Waals surface area contributed by atoms with Crippen molar-refractivity contribution in [3.63, 3.8) is 0 Å². The first kappa shape index (κ1) is 106. The Balaban J connectivity index is 1.35. The minimum atomic E-state index is -1.85. The highest BCUT2D eigenvalue weighted by molar-refractivity contribution is 8.76. The van der Waals surface area contributed by atoms with Gasteiger partial charge >= 0.3 is 5.97 Å². The summed E-state index contributed by atoms with van der Waals surface area (Å²) in [6.07, 6.45) is 0.302. The molecule has 2 aromatic carbocycles. The normalized spacial score (nSPS) is 18.5. The van der Waals surface area contributed by atoms with E-state index >= 15 is 0 Å². The number of ether oxygens (including phenoxy) is 10. The third-order valence-corrected chi connectivity index (χ3v) is 20.0. The lowest BCUT2D eigenvalue weighted by atomic mass is 10.0. The molecular formula is C75H115FN18O27S3. The second-order valence-electron chi connectivity index (χ2n) is 26.7. The van der Waals surface area contributed by atoms with Crippen LogP contribution in [0.25, 0.3) is 0 Å². The van der Waals surface area contributed by atoms with E-state index in [4.69, 9.17) is 69.4 Å². The first-order chi connectivity index (χ1) is 59.8. The van der Waals surface area contributed by atoms with E-state index in [1.54, 1.807) is 30.3 Å². The van der Waals surface area contributed by atoms with Gasteiger partial charge in [-0.1, -0.05) is 69.2 Å². The van der Waals surface area contributed by atoms with Crippen LogP contribution in [-0.2, 0) is 131 Å². The van der Waals surface area contributed by atoms with E-state index in [2.05, 4.69) is 79.3 Å². The van der Waals surface area contributed by atoms with E-state index in [1.165, 1.54) is 30.5 Å². The molecule has 0 radical (unpaired) electrons. The molecule has 2 aliphatic heterocycles. The number of nitrogens with one attached hydrogen (secondary N) is 13. The first-order valence-electron chi connectivity index (χ1n) is 39.7. The maximum atomic E-state index is 14.7. The van der Waals surface area contributed by atoms with Gasteiger partial charge in [0.2, 0.25) is 76.8 Å². The van der Waals surface area contributed by atoms with Gasteiger partial charge in [0.15, 0.2) is 12.6 Å². The number of amides is 14. The molecule has 0 spiro atoms. The highest BCUT2D eigenvalue weighted by Crippen LogP contribution is 2.24. The lowest BCUT2D eigenvalue weighted by molar-refractivity contribution is -0.141. The van der Waals surface area contributed by atoms with Crippen LogP contribution in [0, 0.1) is 5.82 Å². The molecule has 0 unspecified atom stereocenters. The van der Waals surface area contributed by atoms with Crippen molar-refractivity contribution in [2.45, 2.75) is 87.2 Å². The van der Waals surface area contributed by atoms with E-state index in [0.717, 1.165) is 33.3 Å². The van der Waals surface area contributed by atoms with Gasteiger partial charge in [-0.05, 0) is 55.4 Å². The summed E-state index contributed by atoms with van der Waals surface area (Å²) in [4.78, 5) is 209. The largest absolute Gasteiger partial charge is 0.481 e. The molecule has 49 heteroatoms. The van der Waals surface area contributed by atoms with Crippen LogP contribution in [0.3, 0.4) is 0 Å². The molecule has 0 aromatic heterocycles. The molecule has 0 saturated carbocycles. The number of hydrogen-bond acceptors (Lipinski definition) is 31. The summed E-state index contributed by atoms with van der Waals surface area (Å²) in [5.74, 6) is -14.8. The zero-order chi connectivity index (χ0) is 90.2. The van der Waals surface area contributed by atoms with Crippen LogP contribution in [0.1, 0.15) is 49.7 Å². The number of nitrogens with two attached hydrogens (primary N) is 3. The Labute approximate surface area is 727 Å². The van der Waals surface area contributed by atoms with E-state index in [-0.39, 0.29) is 186 Å². The van der Waals surface area contributed by atoms with Crippen molar-refractivity contribution in [1.29, 1.82) is 0 Å². The molecule has 20 N–H and O–H groups in total. The molecule has 2 aromatic rings. The monoisotopic (exact) mass is 1810 g/mol. The molecule has 14 amide bonds. The molecule has 45 nitrogen and oxygen atoms in total. The number of nitrogens with zero attached hydrogens (tertiary/aromatic N) is 2. The standard InChI is InChI=1S/C75H115FN18O27S3/c76-52-13-11-51(12-14-52)39-87-121-45-65(100)83-19-23-113-27-31-117-34-36-118-35-33-116-30-26-112-22-18-82-64(99)44-120-43-62(97)80-15-5-4-9-54-70(106)93-58-47-123-124-48-59(94-72(108)56(38-67(102)103)89-61(96)40-86-68(104)53(90-73(58)109)10-6-16-85-75(78)79)74(110)91-55(37-50-7-2-1-3-8-50)71(107)92-57(46-122-49-66(101)88-54)69(105)84-20-24-114-28-32-115-29-25-111-21-17-81-63(98)42-119-41-60(77)95/h1-3,7-8,11-14,39,53-59H,4-6,9-10,15-38,40-49H2,(H2,77,95)(H,80,97)(H,81,98)(H,82,99)(H,83,100)(H,84,105)(H,86,104)(H,88,101)(H,89,96)(H,90,109)(H,91,110)(H,92,107)(H,93,106)(H,94,108)(H,102,103)(H4,78,79,85)/b87-39+/t53-,54-,55-,56-,57-,58-,59-/m0/s1/i76-1. The number of benzene rings is 2. The number of thioether (sulfide) groups is 1. The van der Waals surface area contributed by atoms with Crippen molar-refractivity contribution in [2.75, 3.05) is 208 Å². The molecule has 0 aliphatic carbocycles. The first-order valence-corrected chi connectivity index (χ1v) is 43.3. The fourth-order valence-corrected chi connectivity index (χ4v) is 13.7. The Kier molecular flexibility index (Phi) is 56.8. The third kappa shape index (κ3) is 52.4. The van der Waals surface area contributed by atoms with Crippen molar-refractivity contribution in [1.82, 2.24) is 69.1 Å². The Hall–Kier alpha value is -10.2. The Morgan fingerprint density at radius 2 is 0.911 bits per heavy atom. The van der Waals surface area contributed by atoms with Crippen molar-refractivity contribution in [2.24, 2.45) is 27.3 Å². The van der Waals surface area contributed by atoms with Gasteiger partial charge < -0.3 is 144 Å². The van der Waals surface area contributed by atoms with Gasteiger partial charge in [-0.15, -0.1) is 11.8 Å². The van der Waals surface area contributed by atoms with Gasteiger partial charge in [-0.3, -0.25) is 76.9 Å². The average molecular weight is 1820 g/mol. The molecule has 124 heavy (non-hydrogen) atoms. The second-order valence-corrected chi connectivity index (χ2v) is 30.3. The predicted molar refractivity (Wildman–Crippen MR) is 447 cm³/mol. The molecule has 2 aliphatic rings. The summed E-state index contributed by atoms with van der Waals surface area (Å²) in [5.41, 5.74) is 17.2. The van der Waals surface area contributed by atoms with E-state index < -0.39 is 169 Å². The highest BCUT2D eigenvalue weighted by atomic mass is 33.1. The van der Waals surface area contributed by atoms with Gasteiger partial charge in [0.25, 0.3) is 5.91 Å². The number of primary amides is 1. The second kappa shape index (κ2) is 66.3. The van der Waals surface area contributed by atoms with Crippen LogP contribution in [0.15, 0.2) is 64.7 Å². The molecule has 2 bridgehead atoms. The summed E-state index contributed by atoms with van der Waals surface area (Å²) in [7, 11) is 1.78. The molecule has 2 fully saturated rings. The minimum Gasteiger partial charge on any atom is -0.481 e. The summed E-state index contributed by atoms with van der Waals surface area (Å²) in [6.45, 7) is 1.00. The van der Waals surface area contributed by atoms with Crippen molar-refractivity contribution >= 4 is 134 Å². The van der Waals surface area contributed by atoms with Crippen molar-refractivity contribution in [3.05, 3.63) is 71.5 Å². The van der Waals surface area contributed by atoms with Gasteiger partial charge in [0, 0.05) is 62.9 Å². The fourth-order valence-electron chi connectivity index (χ4n) is 10.5. The number of carboxylic acid groups (broad SMARTS) is 1. The topological polar surface area (TPSA) is 637 Å². The number of hydrogen-bond donors (Lipinski definition) is 17. The van der Waals surface area contributed by atoms with Crippen molar-refractivity contribution in [3.8, 4) is 0 Å². The number of rotatable bonds is 56. The number of fused-ring (bicyclic) bond motifs is 5. The molecular weight excluding hydrogens is 1700 g/mol. The Morgan fingerprint density at radius 3 is 1.43 bits per heavy atom. The van der Waals surface area contributed by atoms with Crippen LogP contribution in [0.5, 0.6) is 0 Å². The molecule has 2 heterocycles. The molecule has 2 saturated heterocycles. The molecule has 4 rings (SSSR count). The maximum absolute atomic E-state index is 14.7. The number of halogens is 1. The predicted octanol–water partition coefficient (Wildman–Crippen LogP) is -7.00. The maximum Gasteiger partial charge on any atom is 0.305 e. The number of aliphatic imine (C=N–C) groups is 1. The van der Waals surface area contributed by atoms with Crippen LogP contribution >= 0.6 is 33.3 Å². The fraction of sp³-hybridized carbons (Fsp3) is 0.613. The number of aliphatic carboxylic acids is 1. The van der Waals surface area contributed by atoms with Gasteiger partial charge in [-0.25, -0.2) is 4.39 Å². The van der Waals surface area contributed by atoms with Crippen LogP contribution in [-0.4, -0.2) is 356 Å². The summed E-state index contributed by atoms with van der Waals surface area (Å²) >= 11 is 0.865. The van der Waals surface area contributed by atoms with Gasteiger partial charge in [0.05, 0.1) is 131 Å². The van der Waals surface area contributed by atoms with Crippen LogP contribution < -0.4 is 86.3 Å². The molecule has 7 atom stereocenters. The summed E-state index contributed by atoms with van der Waals surface area (Å²) in [6, 6.07) is 3.09. The lowest BCUT2D eigenvalue weighted by Gasteiger charge is -2.27. The number of carbonyl (C=O) groups is 15. The van der Waals surface area contributed by atoms with E-state index in [9.17, 15) is 81.4 Å². The molecule has 692 valence electrons. The lowest BCUT2D eigenvalue weighted by Crippen LogP contribution is -2.60. The van der Waals surface area contributed by atoms with Crippen LogP contribution in [0.2, 0.25) is 0 Å². The quantitative estimate of drug-likeness (QED) is 0.00962. The number of carboxylic acids is 1. The number of unbranched alkanes of at least 4 members (excludes halogenated alkanes) is 1. The number of oxime groups is 1. The summed E-state index contributed by atoms with van der Waals surface area (Å²) in [5, 5.41) is 47.1. The highest BCUT2D eigenvalue weighted by Gasteiger charge is 2.36. The average Bonchev–Trinajstić information content (AvgIpc) is 0.978. The zero-order valence-electron chi connectivity index (χ0n) is 68.7. The Bertz CT molecular complexity index is 3670. The van der Waals surface area contributed by atoms with Crippen molar-refractivity contribution < 1.29 is 134 Å². The van der Waals surface area contributed by atoms with E-state index in [1.807, 2.05) is 0 Å². The number of guanidine groups is 1. The number of carbonyl (C=O) groups excluding carboxylic acids is 14. The van der Waals surface area contributed by atoms with Gasteiger partial charge in [0.1, 0.15) is 74.5 Å². The third-order valence-electron chi connectivity index (χ3n) is 16.6. The van der Waals surface area contributed by atoms with Crippen LogP contribution in [0.4, 0.5) is 4.39 Å². The van der Waals surface area contributed by atoms with E-state index in [0.29, 0.717) is 50.8 Å². The van der Waals surface area contributed by atoms with Gasteiger partial charge in [-0.2, -0.15) is 0 Å². The SMILES string of the molecule is NC(=O)COCC(=O)NCCOCCOCCOCCNC(=O)[C@@H]1CSCC(=O)N[C@@H](CCCCNC(=O)COCC(=O)NCCOCCOCCOCCOCCOCCNC(=O)CO/N=C/c2ccc([18F])cc2)C(=O)N[C@H]2CSSC[C@H](NC(=O)[C@H](CC(=O)O)NC(=O)CNC(=O)[C@H](CCCN=C(N)N)NC2=O)C(=O)N[C@@H](Cc2ccccc2)C(=O)N1. The smallest absolute Gasteiger partial charge is 0.305 e. The zero-order valence-corrected chi connectivity index (χ0v) is 71.1.